The van der Waals surface area contributed by atoms with Gasteiger partial charge in [0.25, 0.3) is 0 Å². The van der Waals surface area contributed by atoms with Crippen LogP contribution in [0.1, 0.15) is 87.6 Å². The molecule has 1 aromatic carbocycles. The Morgan fingerprint density at radius 1 is 0.957 bits per heavy atom. The Morgan fingerprint density at radius 2 is 1.57 bits per heavy atom. The van der Waals surface area contributed by atoms with E-state index in [9.17, 15) is 22.8 Å². The number of anilines is 1. The summed E-state index contributed by atoms with van der Waals surface area (Å²) in [6.45, 7) is 17.8. The molecule has 13 nitrogen and oxygen atoms in total. The van der Waals surface area contributed by atoms with Gasteiger partial charge in [0.1, 0.15) is 5.60 Å². The summed E-state index contributed by atoms with van der Waals surface area (Å²) in [6, 6.07) is 4.04. The van der Waals surface area contributed by atoms with Crippen molar-refractivity contribution < 1.29 is 37.0 Å². The van der Waals surface area contributed by atoms with Gasteiger partial charge in [-0.15, -0.1) is 0 Å². The third kappa shape index (κ3) is 11.2. The predicted octanol–water partition coefficient (Wildman–Crippen LogP) is 5.93. The van der Waals surface area contributed by atoms with Gasteiger partial charge < -0.3 is 29.3 Å². The fourth-order valence-electron chi connectivity index (χ4n) is 5.18. The van der Waals surface area contributed by atoms with E-state index in [0.717, 1.165) is 0 Å². The molecule has 0 saturated carbocycles. The Morgan fingerprint density at radius 3 is 2.15 bits per heavy atom. The van der Waals surface area contributed by atoms with Gasteiger partial charge in [-0.1, -0.05) is 17.8 Å². The summed E-state index contributed by atoms with van der Waals surface area (Å²) in [6.07, 6.45) is 0.621. The minimum atomic E-state index is -4.05. The summed E-state index contributed by atoms with van der Waals surface area (Å²) in [4.78, 5) is 42.5. The Hall–Kier alpha value is -3.17. The normalized spacial score (nSPS) is 20.6. The number of hydrogen-bond acceptors (Lipinski definition) is 10. The summed E-state index contributed by atoms with van der Waals surface area (Å²) >= 11 is 1.44. The number of likely N-dealkylation sites (N-methyl/N-ethyl adjacent to an activating group) is 1. The number of piperidine rings is 1. The maximum absolute atomic E-state index is 13.8. The van der Waals surface area contributed by atoms with E-state index in [1.807, 2.05) is 18.1 Å². The van der Waals surface area contributed by atoms with Crippen LogP contribution in [0.2, 0.25) is 0 Å². The van der Waals surface area contributed by atoms with Gasteiger partial charge in [0.2, 0.25) is 10.0 Å². The number of benzene rings is 1. The Kier molecular flexibility index (Phi) is 12.2. The molecule has 0 aliphatic carbocycles. The fraction of sp³-hybridized carbons (Fsp3) is 0.656. The third-order valence-corrected chi connectivity index (χ3v) is 10.1. The van der Waals surface area contributed by atoms with Crippen molar-refractivity contribution in [2.45, 2.75) is 128 Å². The van der Waals surface area contributed by atoms with Crippen LogP contribution in [0.25, 0.3) is 4.91 Å². The number of nitrogens with zero attached hydrogens (tertiary/aromatic N) is 2. The topological polar surface area (TPSA) is 156 Å². The number of amides is 3. The minimum Gasteiger partial charge on any atom is -0.447 e. The lowest BCUT2D eigenvalue weighted by Crippen LogP contribution is -2.59. The largest absolute Gasteiger partial charge is 0.447 e. The first-order valence-corrected chi connectivity index (χ1v) is 18.1. The number of hydrogen-bond donors (Lipinski definition) is 3. The van der Waals surface area contributed by atoms with Gasteiger partial charge >= 0.3 is 18.3 Å². The van der Waals surface area contributed by atoms with Crippen LogP contribution < -0.4 is 15.4 Å². The van der Waals surface area contributed by atoms with E-state index in [0.29, 0.717) is 23.3 Å². The number of ether oxygens (including phenoxy) is 3. The highest BCUT2D eigenvalue weighted by Crippen LogP contribution is 2.45. The van der Waals surface area contributed by atoms with Crippen molar-refractivity contribution in [3.05, 3.63) is 30.0 Å². The number of thioether (sulfide) groups is 1. The smallest absolute Gasteiger partial charge is 0.411 e. The lowest BCUT2D eigenvalue weighted by atomic mass is 9.98. The molecule has 3 N–H and O–H groups in total. The number of nitrogens with one attached hydrogen (secondary N) is 3. The number of carbonyl (C=O) groups excluding carboxylic acids is 3. The van der Waals surface area contributed by atoms with E-state index >= 15 is 0 Å². The van der Waals surface area contributed by atoms with Gasteiger partial charge in [-0.2, -0.15) is 0 Å². The number of sulfonamides is 1. The zero-order valence-electron chi connectivity index (χ0n) is 29.3. The van der Waals surface area contributed by atoms with E-state index in [1.54, 1.807) is 86.3 Å². The second kappa shape index (κ2) is 14.9. The van der Waals surface area contributed by atoms with Crippen LogP contribution in [-0.4, -0.2) is 90.9 Å². The van der Waals surface area contributed by atoms with Crippen molar-refractivity contribution in [2.75, 3.05) is 18.9 Å². The van der Waals surface area contributed by atoms with E-state index in [2.05, 4.69) is 15.4 Å². The van der Waals surface area contributed by atoms with Gasteiger partial charge in [0.15, 0.2) is 0 Å². The highest BCUT2D eigenvalue weighted by molar-refractivity contribution is 8.09. The lowest BCUT2D eigenvalue weighted by molar-refractivity contribution is 0.000949. The van der Waals surface area contributed by atoms with Gasteiger partial charge in [0.05, 0.1) is 28.5 Å². The van der Waals surface area contributed by atoms with E-state index in [-0.39, 0.29) is 46.8 Å². The summed E-state index contributed by atoms with van der Waals surface area (Å²) in [5.74, 6) is 0. The maximum Gasteiger partial charge on any atom is 0.411 e. The molecule has 1 unspecified atom stereocenters. The van der Waals surface area contributed by atoms with E-state index in [4.69, 9.17) is 14.2 Å². The molecule has 0 aromatic heterocycles. The van der Waals surface area contributed by atoms with E-state index < -0.39 is 39.4 Å². The average Bonchev–Trinajstić information content (AvgIpc) is 3.26. The molecule has 1 aromatic rings. The molecule has 3 amide bonds. The van der Waals surface area contributed by atoms with Gasteiger partial charge in [-0.3, -0.25) is 5.32 Å². The Bertz CT molecular complexity index is 1450. The molecule has 2 aliphatic rings. The second-order valence-corrected chi connectivity index (χ2v) is 17.2. The molecule has 2 aliphatic heterocycles. The van der Waals surface area contributed by atoms with Crippen LogP contribution in [0.5, 0.6) is 0 Å². The Labute approximate surface area is 283 Å². The summed E-state index contributed by atoms with van der Waals surface area (Å²) in [7, 11) is -2.17. The minimum absolute atomic E-state index is 0.0110. The van der Waals surface area contributed by atoms with Crippen LogP contribution >= 0.6 is 11.8 Å². The third-order valence-electron chi connectivity index (χ3n) is 6.79. The number of carbonyl (C=O) groups is 3. The van der Waals surface area contributed by atoms with Crippen molar-refractivity contribution in [2.24, 2.45) is 0 Å². The summed E-state index contributed by atoms with van der Waals surface area (Å²) in [5, 5.41) is 5.20. The molecule has 2 heterocycles. The highest BCUT2D eigenvalue weighted by Gasteiger charge is 2.43. The average molecular weight is 698 g/mol. The zero-order valence-corrected chi connectivity index (χ0v) is 30.9. The second-order valence-electron chi connectivity index (χ2n) is 14.4. The molecule has 0 bridgehead atoms. The predicted molar refractivity (Wildman–Crippen MR) is 183 cm³/mol. The van der Waals surface area contributed by atoms with Crippen molar-refractivity contribution in [3.63, 3.8) is 0 Å². The summed E-state index contributed by atoms with van der Waals surface area (Å²) < 4.78 is 46.4. The molecule has 3 rings (SSSR count). The monoisotopic (exact) mass is 697 g/mol. The molecule has 264 valence electrons. The van der Waals surface area contributed by atoms with Crippen LogP contribution in [0, 0.1) is 0 Å². The van der Waals surface area contributed by atoms with Gasteiger partial charge in [0, 0.05) is 47.5 Å². The molecule has 15 heteroatoms. The number of alkyl carbamates (subject to hydrolysis) is 1. The van der Waals surface area contributed by atoms with Crippen LogP contribution in [0.15, 0.2) is 29.3 Å². The molecule has 1 saturated heterocycles. The SMILES string of the molecule is CC(C)OC(=O)Nc1ccc(C2=CN(C)C([C@@H]3CC[C@@H](NC(=O)OC(C)C)CN3C(=O)OC(C)(C)C)S2)c(S(=O)(=O)NC(C)(C)C)c1. The molecule has 0 radical (unpaired) electrons. The molecule has 1 fully saturated rings. The van der Waals surface area contributed by atoms with E-state index in [1.165, 1.54) is 17.8 Å². The van der Waals surface area contributed by atoms with Crippen molar-refractivity contribution in [1.29, 1.82) is 0 Å². The fourth-order valence-corrected chi connectivity index (χ4v) is 8.37. The first kappa shape index (κ1) is 38.3. The van der Waals surface area contributed by atoms with Crippen LogP contribution in [0.4, 0.5) is 20.1 Å². The Balaban J connectivity index is 1.95. The number of rotatable bonds is 8. The highest BCUT2D eigenvalue weighted by atomic mass is 32.2. The maximum atomic E-state index is 13.8. The molecular formula is C32H51N5O8S2. The van der Waals surface area contributed by atoms with Crippen molar-refractivity contribution >= 4 is 50.7 Å². The van der Waals surface area contributed by atoms with Crippen LogP contribution in [-0.2, 0) is 24.2 Å². The van der Waals surface area contributed by atoms with Crippen LogP contribution in [0.3, 0.4) is 0 Å². The standard InChI is InChI=1S/C32H51N5O8S2/c1-19(2)43-28(38)33-21-12-14-23(26(16-21)47(41,42)35-31(5,6)7)25-18-36(11)27(46-25)24-15-13-22(34-29(39)44-20(3)4)17-37(24)30(40)45-32(8,9)10/h12,14,16,18-20,22,24,27,35H,13,15,17H2,1-11H3,(H,33,38)(H,34,39)/t22-,24+,27?/m1/s1. The number of likely N-dealkylation sites (tertiary alicyclic amines) is 1. The quantitative estimate of drug-likeness (QED) is 0.279. The first-order valence-electron chi connectivity index (χ1n) is 15.8. The molecule has 3 atom stereocenters. The molecule has 47 heavy (non-hydrogen) atoms. The van der Waals surface area contributed by atoms with Crippen molar-refractivity contribution in [3.8, 4) is 0 Å². The summed E-state index contributed by atoms with van der Waals surface area (Å²) in [5.41, 5.74) is -0.800. The molecular weight excluding hydrogens is 647 g/mol. The van der Waals surface area contributed by atoms with Gasteiger partial charge in [-0.05, 0) is 94.2 Å². The molecule has 0 spiro atoms. The van der Waals surface area contributed by atoms with Crippen molar-refractivity contribution in [1.82, 2.24) is 19.8 Å². The zero-order chi connectivity index (χ0) is 35.5. The lowest BCUT2D eigenvalue weighted by Gasteiger charge is -2.44. The first-order chi connectivity index (χ1) is 21.5. The van der Waals surface area contributed by atoms with Gasteiger partial charge in [-0.25, -0.2) is 27.5 Å².